The van der Waals surface area contributed by atoms with E-state index in [1.807, 2.05) is 0 Å². The number of nitrogens with two attached hydrogens (primary N) is 1. The van der Waals surface area contributed by atoms with Crippen LogP contribution in [-0.2, 0) is 6.54 Å². The van der Waals surface area contributed by atoms with E-state index in [-0.39, 0.29) is 12.2 Å². The number of amides is 1. The summed E-state index contributed by atoms with van der Waals surface area (Å²) in [5.74, 6) is -1.07. The highest BCUT2D eigenvalue weighted by Crippen LogP contribution is 2.14. The van der Waals surface area contributed by atoms with Gasteiger partial charge in [0.05, 0.1) is 22.6 Å². The topological polar surface area (TPSA) is 151 Å². The second-order valence-corrected chi connectivity index (χ2v) is 4.59. The van der Waals surface area contributed by atoms with Crippen molar-refractivity contribution in [2.45, 2.75) is 6.54 Å². The molecular weight excluding hydrogens is 308 g/mol. The molecule has 1 amide bonds. The molecule has 0 radical (unpaired) electrons. The number of non-ortho nitro benzene ring substituents is 1. The van der Waals surface area contributed by atoms with E-state index in [4.69, 9.17) is 5.73 Å². The summed E-state index contributed by atoms with van der Waals surface area (Å²) in [5, 5.41) is 21.5. The zero-order valence-electron chi connectivity index (χ0n) is 11.5. The minimum Gasteiger partial charge on any atom is -0.365 e. The molecule has 0 fully saturated rings. The summed E-state index contributed by atoms with van der Waals surface area (Å²) in [6.07, 6.45) is 0.982. The molecule has 2 rings (SSSR count). The van der Waals surface area contributed by atoms with Crippen LogP contribution in [0.3, 0.4) is 0 Å². The molecular formula is C13H10N4O6. The highest BCUT2D eigenvalue weighted by molar-refractivity contribution is 5.92. The van der Waals surface area contributed by atoms with Gasteiger partial charge in [0.25, 0.3) is 22.8 Å². The number of benzene rings is 1. The van der Waals surface area contributed by atoms with E-state index >= 15 is 0 Å². The standard InChI is InChI=1S/C13H10N4O6/c14-12(18)11-5-10(17(22)23)7-15(13(11)19)6-8-1-3-9(4-2-8)16(20)21/h1-5,7H,6H2,(H2,14,18). The van der Waals surface area contributed by atoms with Crippen molar-refractivity contribution < 1.29 is 14.6 Å². The number of nitro benzene ring substituents is 1. The van der Waals surface area contributed by atoms with Crippen molar-refractivity contribution in [3.05, 3.63) is 78.2 Å². The van der Waals surface area contributed by atoms with Gasteiger partial charge in [-0.1, -0.05) is 12.1 Å². The Morgan fingerprint density at radius 1 is 1.09 bits per heavy atom. The number of aromatic nitrogens is 1. The molecule has 0 saturated heterocycles. The summed E-state index contributed by atoms with van der Waals surface area (Å²) in [7, 11) is 0. The number of carbonyl (C=O) groups is 1. The lowest BCUT2D eigenvalue weighted by atomic mass is 10.2. The third kappa shape index (κ3) is 3.37. The van der Waals surface area contributed by atoms with Crippen LogP contribution in [0.2, 0.25) is 0 Å². The molecule has 0 unspecified atom stereocenters. The van der Waals surface area contributed by atoms with E-state index < -0.39 is 32.6 Å². The first-order valence-electron chi connectivity index (χ1n) is 6.21. The van der Waals surface area contributed by atoms with Gasteiger partial charge >= 0.3 is 0 Å². The molecule has 10 heteroatoms. The predicted octanol–water partition coefficient (Wildman–Crippen LogP) is 0.812. The summed E-state index contributed by atoms with van der Waals surface area (Å²) >= 11 is 0. The van der Waals surface area contributed by atoms with Gasteiger partial charge in [0.1, 0.15) is 5.56 Å². The number of hydrogen-bond donors (Lipinski definition) is 1. The largest absolute Gasteiger partial charge is 0.365 e. The molecule has 118 valence electrons. The predicted molar refractivity (Wildman–Crippen MR) is 78.1 cm³/mol. The van der Waals surface area contributed by atoms with Crippen LogP contribution >= 0.6 is 0 Å². The Labute approximate surface area is 128 Å². The number of nitro groups is 2. The van der Waals surface area contributed by atoms with Gasteiger partial charge in [0.15, 0.2) is 0 Å². The number of pyridine rings is 1. The maximum Gasteiger partial charge on any atom is 0.286 e. The Hall–Kier alpha value is -3.56. The Balaban J connectivity index is 2.46. The molecule has 23 heavy (non-hydrogen) atoms. The molecule has 0 aliphatic rings. The van der Waals surface area contributed by atoms with Crippen LogP contribution in [0.15, 0.2) is 41.3 Å². The van der Waals surface area contributed by atoms with Crippen molar-refractivity contribution in [2.75, 3.05) is 0 Å². The molecule has 0 aliphatic heterocycles. The number of nitrogens with zero attached hydrogens (tertiary/aromatic N) is 3. The SMILES string of the molecule is NC(=O)c1cc([N+](=O)[O-])cn(Cc2ccc([N+](=O)[O-])cc2)c1=O. The summed E-state index contributed by atoms with van der Waals surface area (Å²) < 4.78 is 0.958. The van der Waals surface area contributed by atoms with E-state index in [2.05, 4.69) is 0 Å². The average Bonchev–Trinajstić information content (AvgIpc) is 2.49. The molecule has 1 aromatic carbocycles. The first-order chi connectivity index (χ1) is 10.8. The van der Waals surface area contributed by atoms with Crippen molar-refractivity contribution in [3.8, 4) is 0 Å². The van der Waals surface area contributed by atoms with Gasteiger partial charge in [-0.2, -0.15) is 0 Å². The Bertz CT molecular complexity index is 856. The highest BCUT2D eigenvalue weighted by Gasteiger charge is 2.17. The van der Waals surface area contributed by atoms with Crippen molar-refractivity contribution in [1.29, 1.82) is 0 Å². The lowest BCUT2D eigenvalue weighted by Gasteiger charge is -2.07. The fourth-order valence-electron chi connectivity index (χ4n) is 1.93. The maximum atomic E-state index is 12.1. The molecule has 2 N–H and O–H groups in total. The quantitative estimate of drug-likeness (QED) is 0.636. The van der Waals surface area contributed by atoms with Gasteiger partial charge in [-0.25, -0.2) is 0 Å². The molecule has 0 spiro atoms. The molecule has 1 heterocycles. The second kappa shape index (κ2) is 6.05. The molecule has 2 aromatic rings. The first-order valence-corrected chi connectivity index (χ1v) is 6.21. The third-order valence-corrected chi connectivity index (χ3v) is 3.05. The van der Waals surface area contributed by atoms with Crippen molar-refractivity contribution >= 4 is 17.3 Å². The molecule has 1 aromatic heterocycles. The monoisotopic (exact) mass is 318 g/mol. The van der Waals surface area contributed by atoms with Crippen LogP contribution < -0.4 is 11.3 Å². The Morgan fingerprint density at radius 3 is 2.13 bits per heavy atom. The summed E-state index contributed by atoms with van der Waals surface area (Å²) in [5.41, 5.74) is 3.68. The molecule has 0 atom stereocenters. The van der Waals surface area contributed by atoms with Gasteiger partial charge in [0, 0.05) is 18.2 Å². The minimum atomic E-state index is -1.07. The first kappa shape index (κ1) is 15.8. The van der Waals surface area contributed by atoms with Gasteiger partial charge in [-0.05, 0) is 5.56 Å². The smallest absolute Gasteiger partial charge is 0.286 e. The second-order valence-electron chi connectivity index (χ2n) is 4.59. The van der Waals surface area contributed by atoms with E-state index in [9.17, 15) is 29.8 Å². The van der Waals surface area contributed by atoms with Crippen molar-refractivity contribution in [3.63, 3.8) is 0 Å². The molecule has 0 saturated carbocycles. The van der Waals surface area contributed by atoms with Gasteiger partial charge < -0.3 is 10.3 Å². The minimum absolute atomic E-state index is 0.0984. The van der Waals surface area contributed by atoms with Gasteiger partial charge in [-0.3, -0.25) is 29.8 Å². The zero-order chi connectivity index (χ0) is 17.1. The summed E-state index contributed by atoms with van der Waals surface area (Å²) in [4.78, 5) is 43.5. The van der Waals surface area contributed by atoms with Crippen LogP contribution in [0.1, 0.15) is 15.9 Å². The normalized spacial score (nSPS) is 10.3. The Morgan fingerprint density at radius 2 is 1.65 bits per heavy atom. The van der Waals surface area contributed by atoms with Crippen LogP contribution in [0, 0.1) is 20.2 Å². The molecule has 10 nitrogen and oxygen atoms in total. The number of carbonyl (C=O) groups excluding carboxylic acids is 1. The average molecular weight is 318 g/mol. The summed E-state index contributed by atoms with van der Waals surface area (Å²) in [6.45, 7) is -0.0984. The summed E-state index contributed by atoms with van der Waals surface area (Å²) in [6, 6.07) is 6.12. The third-order valence-electron chi connectivity index (χ3n) is 3.05. The maximum absolute atomic E-state index is 12.1. The van der Waals surface area contributed by atoms with Gasteiger partial charge in [0.2, 0.25) is 0 Å². The van der Waals surface area contributed by atoms with Gasteiger partial charge in [-0.15, -0.1) is 0 Å². The molecule has 0 aliphatic carbocycles. The lowest BCUT2D eigenvalue weighted by molar-refractivity contribution is -0.385. The number of rotatable bonds is 5. The van der Waals surface area contributed by atoms with E-state index in [0.717, 1.165) is 16.8 Å². The zero-order valence-corrected chi connectivity index (χ0v) is 11.5. The lowest BCUT2D eigenvalue weighted by Crippen LogP contribution is -2.30. The Kier molecular flexibility index (Phi) is 4.16. The fraction of sp³-hybridized carbons (Fsp3) is 0.0769. The van der Waals surface area contributed by atoms with Crippen molar-refractivity contribution in [2.24, 2.45) is 5.73 Å². The number of hydrogen-bond acceptors (Lipinski definition) is 6. The van der Waals surface area contributed by atoms with Crippen molar-refractivity contribution in [1.82, 2.24) is 4.57 Å². The van der Waals surface area contributed by atoms with Crippen LogP contribution in [0.25, 0.3) is 0 Å². The van der Waals surface area contributed by atoms with E-state index in [0.29, 0.717) is 5.56 Å². The van der Waals surface area contributed by atoms with E-state index in [1.54, 1.807) is 0 Å². The van der Waals surface area contributed by atoms with Crippen LogP contribution in [0.4, 0.5) is 11.4 Å². The fourth-order valence-corrected chi connectivity index (χ4v) is 1.93. The van der Waals surface area contributed by atoms with Crippen LogP contribution in [-0.4, -0.2) is 20.3 Å². The molecule has 0 bridgehead atoms. The van der Waals surface area contributed by atoms with E-state index in [1.165, 1.54) is 24.3 Å². The highest BCUT2D eigenvalue weighted by atomic mass is 16.6. The van der Waals surface area contributed by atoms with Crippen LogP contribution in [0.5, 0.6) is 0 Å². The number of primary amides is 1.